The molecule has 2 aliphatic rings. The average molecular weight is 231 g/mol. The van der Waals surface area contributed by atoms with E-state index in [4.69, 9.17) is 5.73 Å². The Bertz CT molecular complexity index is 434. The van der Waals surface area contributed by atoms with Crippen molar-refractivity contribution < 1.29 is 4.79 Å². The van der Waals surface area contributed by atoms with Crippen LogP contribution >= 0.6 is 0 Å². The van der Waals surface area contributed by atoms with Crippen LogP contribution in [0.15, 0.2) is 30.3 Å². The van der Waals surface area contributed by atoms with Crippen molar-refractivity contribution in [3.05, 3.63) is 35.9 Å². The minimum absolute atomic E-state index is 0.00544. The Kier molecular flexibility index (Phi) is 2.33. The molecule has 0 aromatic heterocycles. The second-order valence-corrected chi connectivity index (χ2v) is 5.16. The number of benzene rings is 1. The first-order valence-corrected chi connectivity index (χ1v) is 6.03. The number of piperidine rings is 1. The van der Waals surface area contributed by atoms with Crippen LogP contribution in [0.25, 0.3) is 0 Å². The lowest BCUT2D eigenvalue weighted by Crippen LogP contribution is -2.42. The lowest BCUT2D eigenvalue weighted by molar-refractivity contribution is 0.202. The lowest BCUT2D eigenvalue weighted by atomic mass is 10.2. The molecule has 1 heterocycles. The van der Waals surface area contributed by atoms with Crippen LogP contribution in [-0.4, -0.2) is 29.6 Å². The second-order valence-electron chi connectivity index (χ2n) is 5.16. The number of carbonyl (C=O) groups is 1. The fourth-order valence-electron chi connectivity index (χ4n) is 2.57. The van der Waals surface area contributed by atoms with Crippen molar-refractivity contribution in [2.24, 2.45) is 11.7 Å². The molecule has 3 rings (SSSR count). The van der Waals surface area contributed by atoms with Gasteiger partial charge in [-0.2, -0.15) is 0 Å². The highest BCUT2D eigenvalue weighted by Gasteiger charge is 2.58. The van der Waals surface area contributed by atoms with Crippen LogP contribution in [-0.2, 0) is 6.54 Å². The van der Waals surface area contributed by atoms with Gasteiger partial charge in [0.15, 0.2) is 0 Å². The number of hydrogen-bond acceptors (Lipinski definition) is 2. The molecule has 0 bridgehead atoms. The Labute approximate surface area is 101 Å². The number of amides is 2. The van der Waals surface area contributed by atoms with Crippen molar-refractivity contribution in [1.82, 2.24) is 10.2 Å². The Balaban J connectivity index is 1.51. The molecule has 90 valence electrons. The number of fused-ring (bicyclic) bond motifs is 1. The molecule has 0 spiro atoms. The van der Waals surface area contributed by atoms with E-state index in [-0.39, 0.29) is 11.6 Å². The molecule has 2 amide bonds. The summed E-state index contributed by atoms with van der Waals surface area (Å²) in [6.07, 6.45) is 1.08. The maximum Gasteiger partial charge on any atom is 0.317 e. The molecule has 2 atom stereocenters. The molecule has 1 aliphatic carbocycles. The maximum atomic E-state index is 11.9. The molecule has 0 radical (unpaired) electrons. The summed E-state index contributed by atoms with van der Waals surface area (Å²) in [5.74, 6) is 0.532. The number of nitrogens with zero attached hydrogens (tertiary/aromatic N) is 1. The van der Waals surface area contributed by atoms with E-state index in [1.54, 1.807) is 0 Å². The number of likely N-dealkylation sites (tertiary alicyclic amines) is 1. The predicted octanol–water partition coefficient (Wildman–Crippen LogP) is 0.929. The average Bonchev–Trinajstić information content (AvgIpc) is 2.86. The van der Waals surface area contributed by atoms with Crippen LogP contribution in [0, 0.1) is 5.92 Å². The molecule has 4 nitrogen and oxygen atoms in total. The van der Waals surface area contributed by atoms with Crippen LogP contribution in [0.3, 0.4) is 0 Å². The number of rotatable bonds is 2. The zero-order valence-corrected chi connectivity index (χ0v) is 9.73. The second kappa shape index (κ2) is 3.74. The van der Waals surface area contributed by atoms with Crippen molar-refractivity contribution in [2.75, 3.05) is 13.1 Å². The van der Waals surface area contributed by atoms with E-state index < -0.39 is 0 Å². The van der Waals surface area contributed by atoms with Crippen molar-refractivity contribution in [3.8, 4) is 0 Å². The summed E-state index contributed by atoms with van der Waals surface area (Å²) < 4.78 is 0. The Morgan fingerprint density at radius 3 is 2.88 bits per heavy atom. The van der Waals surface area contributed by atoms with E-state index in [1.807, 2.05) is 35.2 Å². The smallest absolute Gasteiger partial charge is 0.317 e. The topological polar surface area (TPSA) is 58.4 Å². The monoisotopic (exact) mass is 231 g/mol. The summed E-state index contributed by atoms with van der Waals surface area (Å²) in [4.78, 5) is 13.7. The van der Waals surface area contributed by atoms with Gasteiger partial charge in [-0.05, 0) is 17.9 Å². The van der Waals surface area contributed by atoms with Gasteiger partial charge in [-0.1, -0.05) is 30.3 Å². The third-order valence-corrected chi connectivity index (χ3v) is 3.78. The summed E-state index contributed by atoms with van der Waals surface area (Å²) in [5.41, 5.74) is 7.12. The van der Waals surface area contributed by atoms with Crippen molar-refractivity contribution in [2.45, 2.75) is 18.5 Å². The molecule has 3 N–H and O–H groups in total. The Morgan fingerprint density at radius 1 is 1.47 bits per heavy atom. The van der Waals surface area contributed by atoms with Crippen LogP contribution in [0.1, 0.15) is 12.0 Å². The van der Waals surface area contributed by atoms with Gasteiger partial charge in [0.05, 0.1) is 0 Å². The standard InChI is InChI=1S/C13H17N3O/c14-13-6-11(13)8-16(9-13)12(17)15-7-10-4-2-1-3-5-10/h1-5,11H,6-9,14H2,(H,15,17). The van der Waals surface area contributed by atoms with Gasteiger partial charge in [0.2, 0.25) is 0 Å². The van der Waals surface area contributed by atoms with Crippen LogP contribution in [0.2, 0.25) is 0 Å². The van der Waals surface area contributed by atoms with Crippen LogP contribution in [0.4, 0.5) is 4.79 Å². The molecular formula is C13H17N3O. The van der Waals surface area contributed by atoms with Gasteiger partial charge in [-0.15, -0.1) is 0 Å². The number of carbonyl (C=O) groups excluding carboxylic acids is 1. The van der Waals surface area contributed by atoms with E-state index in [0.29, 0.717) is 19.0 Å². The van der Waals surface area contributed by atoms with Gasteiger partial charge in [-0.25, -0.2) is 4.79 Å². The molecule has 2 unspecified atom stereocenters. The Morgan fingerprint density at radius 2 is 2.24 bits per heavy atom. The van der Waals surface area contributed by atoms with Gasteiger partial charge in [0.25, 0.3) is 0 Å². The predicted molar refractivity (Wildman–Crippen MR) is 65.3 cm³/mol. The molecular weight excluding hydrogens is 214 g/mol. The van der Waals surface area contributed by atoms with Crippen LogP contribution < -0.4 is 11.1 Å². The highest BCUT2D eigenvalue weighted by atomic mass is 16.2. The first kappa shape index (κ1) is 10.6. The van der Waals surface area contributed by atoms with E-state index in [1.165, 1.54) is 0 Å². The number of urea groups is 1. The minimum Gasteiger partial charge on any atom is -0.334 e. The zero-order valence-electron chi connectivity index (χ0n) is 9.73. The molecule has 17 heavy (non-hydrogen) atoms. The molecule has 2 fully saturated rings. The summed E-state index contributed by atoms with van der Waals surface area (Å²) in [6, 6.07) is 9.93. The van der Waals surface area contributed by atoms with E-state index in [9.17, 15) is 4.79 Å². The fourth-order valence-corrected chi connectivity index (χ4v) is 2.57. The Hall–Kier alpha value is -1.55. The first-order chi connectivity index (χ1) is 8.17. The number of hydrogen-bond donors (Lipinski definition) is 2. The maximum absolute atomic E-state index is 11.9. The summed E-state index contributed by atoms with van der Waals surface area (Å²) in [7, 11) is 0. The van der Waals surface area contributed by atoms with Gasteiger partial charge in [0, 0.05) is 25.2 Å². The molecule has 1 saturated carbocycles. The lowest BCUT2D eigenvalue weighted by Gasteiger charge is -2.20. The fraction of sp³-hybridized carbons (Fsp3) is 0.462. The highest BCUT2D eigenvalue weighted by Crippen LogP contribution is 2.47. The summed E-state index contributed by atoms with van der Waals surface area (Å²) >= 11 is 0. The minimum atomic E-state index is -0.0654. The number of nitrogens with one attached hydrogen (secondary N) is 1. The summed E-state index contributed by atoms with van der Waals surface area (Å²) in [6.45, 7) is 2.10. The molecule has 1 aliphatic heterocycles. The summed E-state index contributed by atoms with van der Waals surface area (Å²) in [5, 5.41) is 2.93. The van der Waals surface area contributed by atoms with Gasteiger partial charge < -0.3 is 16.0 Å². The SMILES string of the molecule is NC12CC1CN(C(=O)NCc1ccccc1)C2. The molecule has 4 heteroatoms. The van der Waals surface area contributed by atoms with Crippen molar-refractivity contribution >= 4 is 6.03 Å². The van der Waals surface area contributed by atoms with E-state index >= 15 is 0 Å². The van der Waals surface area contributed by atoms with E-state index in [2.05, 4.69) is 5.32 Å². The molecule has 1 saturated heterocycles. The number of nitrogens with two attached hydrogens (primary N) is 1. The molecule has 1 aromatic rings. The van der Waals surface area contributed by atoms with Gasteiger partial charge >= 0.3 is 6.03 Å². The quantitative estimate of drug-likeness (QED) is 0.795. The zero-order chi connectivity index (χ0) is 11.9. The normalized spacial score (nSPS) is 29.9. The van der Waals surface area contributed by atoms with Crippen molar-refractivity contribution in [3.63, 3.8) is 0 Å². The van der Waals surface area contributed by atoms with Crippen molar-refractivity contribution in [1.29, 1.82) is 0 Å². The van der Waals surface area contributed by atoms with Gasteiger partial charge in [0.1, 0.15) is 0 Å². The van der Waals surface area contributed by atoms with E-state index in [0.717, 1.165) is 18.5 Å². The highest BCUT2D eigenvalue weighted by molar-refractivity contribution is 5.75. The van der Waals surface area contributed by atoms with Crippen LogP contribution in [0.5, 0.6) is 0 Å². The third-order valence-electron chi connectivity index (χ3n) is 3.78. The third kappa shape index (κ3) is 2.00. The molecule has 1 aromatic carbocycles. The largest absolute Gasteiger partial charge is 0.334 e. The van der Waals surface area contributed by atoms with Gasteiger partial charge in [-0.3, -0.25) is 0 Å². The first-order valence-electron chi connectivity index (χ1n) is 6.03.